The van der Waals surface area contributed by atoms with E-state index >= 15 is 0 Å². The van der Waals surface area contributed by atoms with Crippen LogP contribution < -0.4 is 10.2 Å². The van der Waals surface area contributed by atoms with Crippen LogP contribution in [0, 0.1) is 0 Å². The van der Waals surface area contributed by atoms with Gasteiger partial charge in [-0.05, 0) is 29.8 Å². The van der Waals surface area contributed by atoms with Gasteiger partial charge >= 0.3 is 0 Å². The molecule has 1 saturated heterocycles. The van der Waals surface area contributed by atoms with Crippen molar-refractivity contribution in [1.29, 1.82) is 0 Å². The predicted octanol–water partition coefficient (Wildman–Crippen LogP) is 4.87. The van der Waals surface area contributed by atoms with E-state index in [1.807, 2.05) is 24.3 Å². The fourth-order valence-corrected chi connectivity index (χ4v) is 5.19. The lowest BCUT2D eigenvalue weighted by Crippen LogP contribution is -2.46. The molecule has 38 heavy (non-hydrogen) atoms. The Morgan fingerprint density at radius 3 is 2.05 bits per heavy atom. The van der Waals surface area contributed by atoms with Crippen molar-refractivity contribution in [1.82, 2.24) is 10.2 Å². The lowest BCUT2D eigenvalue weighted by atomic mass is 9.92. The van der Waals surface area contributed by atoms with Gasteiger partial charge < -0.3 is 15.1 Å². The van der Waals surface area contributed by atoms with Crippen LogP contribution in [-0.2, 0) is 13.0 Å². The van der Waals surface area contributed by atoms with Crippen molar-refractivity contribution >= 4 is 34.6 Å². The van der Waals surface area contributed by atoms with Crippen LogP contribution in [0.1, 0.15) is 49.1 Å². The second-order valence-electron chi connectivity index (χ2n) is 9.63. The number of hydrogen-bond donors (Lipinski definition) is 1. The minimum Gasteiger partial charge on any atom is -0.376 e. The molecule has 0 amide bonds. The monoisotopic (exact) mass is 527 g/mol. The lowest BCUT2D eigenvalue weighted by molar-refractivity contribution is 0.0974. The fraction of sp³-hybridized carbons (Fsp3) is 0.258. The number of Topliss-reactive ketones (excluding diaryl/α,β-unsaturated/α-hetero) is 3. The maximum absolute atomic E-state index is 12.9. The van der Waals surface area contributed by atoms with E-state index in [0.29, 0.717) is 29.7 Å². The van der Waals surface area contributed by atoms with Crippen LogP contribution in [0.15, 0.2) is 83.5 Å². The van der Waals surface area contributed by atoms with Gasteiger partial charge in [-0.3, -0.25) is 14.4 Å². The van der Waals surface area contributed by atoms with E-state index in [1.54, 1.807) is 36.4 Å². The molecule has 1 aliphatic carbocycles. The molecule has 0 saturated carbocycles. The van der Waals surface area contributed by atoms with Crippen LogP contribution in [-0.4, -0.2) is 55.0 Å². The quantitative estimate of drug-likeness (QED) is 0.421. The molecule has 1 fully saturated rings. The number of rotatable bonds is 8. The summed E-state index contributed by atoms with van der Waals surface area (Å²) >= 11 is 6.23. The van der Waals surface area contributed by atoms with Crippen LogP contribution in [0.25, 0.3) is 0 Å². The molecule has 0 aromatic heterocycles. The summed E-state index contributed by atoms with van der Waals surface area (Å²) in [6, 6.07) is 22.2. The Kier molecular flexibility index (Phi) is 7.72. The van der Waals surface area contributed by atoms with Crippen molar-refractivity contribution in [2.24, 2.45) is 0 Å². The van der Waals surface area contributed by atoms with Crippen molar-refractivity contribution in [2.45, 2.75) is 19.9 Å². The zero-order chi connectivity index (χ0) is 26.6. The number of allylic oxidation sites excluding steroid dienone is 2. The molecule has 1 heterocycles. The molecule has 2 aliphatic rings. The summed E-state index contributed by atoms with van der Waals surface area (Å²) in [4.78, 5) is 43.1. The number of nitrogens with zero attached hydrogens (tertiary/aromatic N) is 2. The summed E-state index contributed by atoms with van der Waals surface area (Å²) in [5, 5.41) is 2.92. The molecule has 0 unspecified atom stereocenters. The SMILES string of the molecule is CCN1CCN(c2ccc(CC(=O)c3ccc(CNC4=C(Cl)C(=O)c5ccccc5C4=O)cc3)cc2)CC1. The fourth-order valence-electron chi connectivity index (χ4n) is 4.94. The molecule has 6 nitrogen and oxygen atoms in total. The molecular formula is C31H30ClN3O3. The minimum absolute atomic E-state index is 0.0456. The molecule has 0 spiro atoms. The smallest absolute Gasteiger partial charge is 0.211 e. The highest BCUT2D eigenvalue weighted by molar-refractivity contribution is 6.49. The molecule has 0 bridgehead atoms. The number of ketones is 3. The third-order valence-corrected chi connectivity index (χ3v) is 7.65. The van der Waals surface area contributed by atoms with Gasteiger partial charge in [0.15, 0.2) is 5.78 Å². The Morgan fingerprint density at radius 2 is 1.42 bits per heavy atom. The number of piperazine rings is 1. The summed E-state index contributed by atoms with van der Waals surface area (Å²) in [6.07, 6.45) is 0.333. The maximum atomic E-state index is 12.9. The van der Waals surface area contributed by atoms with Gasteiger partial charge in [0.1, 0.15) is 10.7 Å². The van der Waals surface area contributed by atoms with Gasteiger partial charge in [-0.15, -0.1) is 0 Å². The van der Waals surface area contributed by atoms with Gasteiger partial charge in [-0.1, -0.05) is 79.2 Å². The summed E-state index contributed by atoms with van der Waals surface area (Å²) in [6.45, 7) is 7.79. The first-order valence-corrected chi connectivity index (χ1v) is 13.3. The van der Waals surface area contributed by atoms with Gasteiger partial charge in [0.2, 0.25) is 11.6 Å². The summed E-state index contributed by atoms with van der Waals surface area (Å²) in [5.74, 6) is -0.618. The summed E-state index contributed by atoms with van der Waals surface area (Å²) < 4.78 is 0. The summed E-state index contributed by atoms with van der Waals surface area (Å²) in [7, 11) is 0. The van der Waals surface area contributed by atoms with Crippen LogP contribution in [0.5, 0.6) is 0 Å². The first-order chi connectivity index (χ1) is 18.4. The van der Waals surface area contributed by atoms with E-state index in [1.165, 1.54) is 5.69 Å². The zero-order valence-electron chi connectivity index (χ0n) is 21.4. The van der Waals surface area contributed by atoms with Crippen LogP contribution in [0.2, 0.25) is 0 Å². The number of carbonyl (C=O) groups excluding carboxylic acids is 3. The first kappa shape index (κ1) is 25.9. The second kappa shape index (κ2) is 11.3. The normalized spacial score (nSPS) is 16.0. The Labute approximate surface area is 227 Å². The van der Waals surface area contributed by atoms with Crippen molar-refractivity contribution < 1.29 is 14.4 Å². The highest BCUT2D eigenvalue weighted by Crippen LogP contribution is 2.27. The van der Waals surface area contributed by atoms with Gasteiger partial charge in [0.25, 0.3) is 0 Å². The third-order valence-electron chi connectivity index (χ3n) is 7.29. The van der Waals surface area contributed by atoms with Gasteiger partial charge in [-0.2, -0.15) is 0 Å². The average molecular weight is 528 g/mol. The highest BCUT2D eigenvalue weighted by atomic mass is 35.5. The Balaban J connectivity index is 1.17. The topological polar surface area (TPSA) is 69.7 Å². The molecule has 3 aromatic carbocycles. The largest absolute Gasteiger partial charge is 0.376 e. The molecule has 1 aliphatic heterocycles. The number of nitrogens with one attached hydrogen (secondary N) is 1. The van der Waals surface area contributed by atoms with Gasteiger partial charge in [-0.25, -0.2) is 0 Å². The lowest BCUT2D eigenvalue weighted by Gasteiger charge is -2.35. The number of fused-ring (bicyclic) bond motifs is 1. The van der Waals surface area contributed by atoms with E-state index in [4.69, 9.17) is 11.6 Å². The van der Waals surface area contributed by atoms with Crippen LogP contribution in [0.4, 0.5) is 5.69 Å². The standard InChI is InChI=1S/C31H30ClN3O3/c1-2-34-15-17-35(18-16-34)24-13-9-21(10-14-24)19-27(36)23-11-7-22(8-12-23)20-33-29-28(32)30(37)25-5-3-4-6-26(25)31(29)38/h3-14,33H,2,15-20H2,1H3. The van der Waals surface area contributed by atoms with Crippen LogP contribution in [0.3, 0.4) is 0 Å². The minimum atomic E-state index is -0.364. The molecule has 5 rings (SSSR count). The third kappa shape index (κ3) is 5.42. The number of hydrogen-bond acceptors (Lipinski definition) is 6. The second-order valence-corrected chi connectivity index (χ2v) is 10.0. The summed E-state index contributed by atoms with van der Waals surface area (Å²) in [5.41, 5.74) is 4.45. The van der Waals surface area contributed by atoms with Crippen molar-refractivity contribution in [3.8, 4) is 0 Å². The molecular weight excluding hydrogens is 498 g/mol. The molecule has 7 heteroatoms. The highest BCUT2D eigenvalue weighted by Gasteiger charge is 2.31. The molecule has 0 atom stereocenters. The average Bonchev–Trinajstić information content (AvgIpc) is 2.96. The number of likely N-dealkylation sites (N-methyl/N-ethyl adjacent to an activating group) is 1. The van der Waals surface area contributed by atoms with E-state index in [-0.39, 0.29) is 28.1 Å². The predicted molar refractivity (Wildman–Crippen MR) is 150 cm³/mol. The van der Waals surface area contributed by atoms with Crippen LogP contribution >= 0.6 is 11.6 Å². The Bertz CT molecular complexity index is 1390. The molecule has 0 radical (unpaired) electrons. The van der Waals surface area contributed by atoms with E-state index < -0.39 is 0 Å². The number of benzene rings is 3. The Morgan fingerprint density at radius 1 is 0.816 bits per heavy atom. The molecule has 3 aromatic rings. The maximum Gasteiger partial charge on any atom is 0.211 e. The number of carbonyl (C=O) groups is 3. The van der Waals surface area contributed by atoms with E-state index in [9.17, 15) is 14.4 Å². The van der Waals surface area contributed by atoms with Crippen molar-refractivity contribution in [3.63, 3.8) is 0 Å². The molecule has 1 N–H and O–H groups in total. The van der Waals surface area contributed by atoms with Crippen molar-refractivity contribution in [3.05, 3.63) is 111 Å². The zero-order valence-corrected chi connectivity index (χ0v) is 22.1. The Hall–Kier alpha value is -3.74. The van der Waals surface area contributed by atoms with E-state index in [0.717, 1.165) is 43.9 Å². The first-order valence-electron chi connectivity index (χ1n) is 12.9. The van der Waals surface area contributed by atoms with Crippen molar-refractivity contribution in [2.75, 3.05) is 37.6 Å². The van der Waals surface area contributed by atoms with E-state index in [2.05, 4.69) is 34.2 Å². The molecule has 194 valence electrons. The number of halogens is 1. The number of anilines is 1. The van der Waals surface area contributed by atoms with Gasteiger partial charge in [0, 0.05) is 61.5 Å². The van der Waals surface area contributed by atoms with Gasteiger partial charge in [0.05, 0.1) is 0 Å².